The van der Waals surface area contributed by atoms with Gasteiger partial charge in [0.1, 0.15) is 6.04 Å². The summed E-state index contributed by atoms with van der Waals surface area (Å²) in [6.07, 6.45) is 0. The van der Waals surface area contributed by atoms with E-state index in [1.807, 2.05) is 13.8 Å². The Kier molecular flexibility index (Phi) is 2.69. The van der Waals surface area contributed by atoms with E-state index in [1.165, 1.54) is 7.11 Å². The van der Waals surface area contributed by atoms with Crippen molar-refractivity contribution in [3.8, 4) is 0 Å². The van der Waals surface area contributed by atoms with Gasteiger partial charge in [0.15, 0.2) is 0 Å². The first-order chi connectivity index (χ1) is 5.55. The average molecular weight is 173 g/mol. The third-order valence-electron chi connectivity index (χ3n) is 1.80. The first-order valence-electron chi connectivity index (χ1n) is 3.98. The molecule has 1 saturated heterocycles. The highest BCUT2D eigenvalue weighted by molar-refractivity contribution is 5.76. The number of hydrogen-bond donors (Lipinski definition) is 1. The molecule has 1 aliphatic heterocycles. The van der Waals surface area contributed by atoms with E-state index in [2.05, 4.69) is 10.1 Å². The van der Waals surface area contributed by atoms with Crippen molar-refractivity contribution in [2.75, 3.05) is 20.3 Å². The molecule has 1 fully saturated rings. The molecule has 1 atom stereocenters. The summed E-state index contributed by atoms with van der Waals surface area (Å²) in [5.41, 5.74) is -0.142. The summed E-state index contributed by atoms with van der Waals surface area (Å²) in [7, 11) is 1.38. The Morgan fingerprint density at radius 2 is 2.33 bits per heavy atom. The smallest absolute Gasteiger partial charge is 0.325 e. The van der Waals surface area contributed by atoms with E-state index in [9.17, 15) is 4.79 Å². The van der Waals surface area contributed by atoms with Gasteiger partial charge in [-0.3, -0.25) is 10.1 Å². The van der Waals surface area contributed by atoms with Crippen LogP contribution >= 0.6 is 0 Å². The molecule has 0 aliphatic carbocycles. The van der Waals surface area contributed by atoms with Gasteiger partial charge in [0.25, 0.3) is 0 Å². The monoisotopic (exact) mass is 173 g/mol. The third kappa shape index (κ3) is 2.19. The number of morpholine rings is 1. The summed E-state index contributed by atoms with van der Waals surface area (Å²) in [6.45, 7) is 5.00. The molecule has 0 amide bonds. The highest BCUT2D eigenvalue weighted by Gasteiger charge is 2.32. The molecule has 1 heterocycles. The zero-order valence-corrected chi connectivity index (χ0v) is 7.72. The molecule has 12 heavy (non-hydrogen) atoms. The van der Waals surface area contributed by atoms with Crippen molar-refractivity contribution in [3.63, 3.8) is 0 Å². The molecular weight excluding hydrogens is 158 g/mol. The van der Waals surface area contributed by atoms with E-state index in [4.69, 9.17) is 4.74 Å². The molecule has 0 saturated carbocycles. The zero-order valence-electron chi connectivity index (χ0n) is 7.72. The lowest BCUT2D eigenvalue weighted by molar-refractivity contribution is -0.148. The molecule has 4 heteroatoms. The van der Waals surface area contributed by atoms with Crippen molar-refractivity contribution in [1.82, 2.24) is 5.32 Å². The lowest BCUT2D eigenvalue weighted by atomic mass is 10.0. The van der Waals surface area contributed by atoms with E-state index in [0.29, 0.717) is 13.2 Å². The fraction of sp³-hybridized carbons (Fsp3) is 0.875. The Hall–Kier alpha value is -0.610. The number of hydrogen-bond acceptors (Lipinski definition) is 4. The summed E-state index contributed by atoms with van der Waals surface area (Å²) in [6, 6.07) is -0.321. The van der Waals surface area contributed by atoms with E-state index in [-0.39, 0.29) is 17.6 Å². The Labute approximate surface area is 72.2 Å². The van der Waals surface area contributed by atoms with E-state index in [0.717, 1.165) is 0 Å². The quantitative estimate of drug-likeness (QED) is 0.564. The van der Waals surface area contributed by atoms with Crippen LogP contribution in [0.3, 0.4) is 0 Å². The molecule has 4 nitrogen and oxygen atoms in total. The predicted octanol–water partition coefficient (Wildman–Crippen LogP) is -0.0736. The molecule has 0 aromatic rings. The fourth-order valence-corrected chi connectivity index (χ4v) is 1.26. The van der Waals surface area contributed by atoms with Gasteiger partial charge in [-0.05, 0) is 13.8 Å². The van der Waals surface area contributed by atoms with Crippen molar-refractivity contribution in [2.24, 2.45) is 0 Å². The maximum atomic E-state index is 11.1. The second-order valence-electron chi connectivity index (χ2n) is 3.62. The Bertz CT molecular complexity index is 179. The lowest BCUT2D eigenvalue weighted by Crippen LogP contribution is -2.58. The van der Waals surface area contributed by atoms with Crippen LogP contribution in [0.15, 0.2) is 0 Å². The van der Waals surface area contributed by atoms with Crippen LogP contribution in [0, 0.1) is 0 Å². The van der Waals surface area contributed by atoms with E-state index < -0.39 is 0 Å². The molecule has 0 bridgehead atoms. The summed E-state index contributed by atoms with van der Waals surface area (Å²) < 4.78 is 9.86. The summed E-state index contributed by atoms with van der Waals surface area (Å²) in [4.78, 5) is 11.1. The summed E-state index contributed by atoms with van der Waals surface area (Å²) >= 11 is 0. The van der Waals surface area contributed by atoms with E-state index >= 15 is 0 Å². The number of esters is 1. The van der Waals surface area contributed by atoms with Gasteiger partial charge >= 0.3 is 5.97 Å². The third-order valence-corrected chi connectivity index (χ3v) is 1.80. The highest BCUT2D eigenvalue weighted by Crippen LogP contribution is 2.10. The minimum Gasteiger partial charge on any atom is -0.468 e. The van der Waals surface area contributed by atoms with Gasteiger partial charge in [0.2, 0.25) is 0 Å². The van der Waals surface area contributed by atoms with Crippen LogP contribution in [-0.4, -0.2) is 37.9 Å². The average Bonchev–Trinajstić information content (AvgIpc) is 2.01. The largest absolute Gasteiger partial charge is 0.468 e. The van der Waals surface area contributed by atoms with Crippen molar-refractivity contribution < 1.29 is 14.3 Å². The van der Waals surface area contributed by atoms with Crippen LogP contribution in [-0.2, 0) is 14.3 Å². The van der Waals surface area contributed by atoms with Crippen molar-refractivity contribution in [1.29, 1.82) is 0 Å². The standard InChI is InChI=1S/C8H15NO3/c1-8(2)5-12-4-6(9-8)7(10)11-3/h6,9H,4-5H2,1-3H3. The summed E-state index contributed by atoms with van der Waals surface area (Å²) in [5.74, 6) is -0.261. The molecule has 0 aromatic heterocycles. The SMILES string of the molecule is COC(=O)C1COCC(C)(C)N1. The van der Waals surface area contributed by atoms with Crippen LogP contribution in [0.5, 0.6) is 0 Å². The topological polar surface area (TPSA) is 47.6 Å². The van der Waals surface area contributed by atoms with E-state index in [1.54, 1.807) is 0 Å². The first kappa shape index (κ1) is 9.48. The minimum atomic E-state index is -0.321. The first-order valence-corrected chi connectivity index (χ1v) is 3.98. The van der Waals surface area contributed by atoms with Crippen molar-refractivity contribution in [2.45, 2.75) is 25.4 Å². The maximum Gasteiger partial charge on any atom is 0.325 e. The molecule has 1 rings (SSSR count). The molecule has 1 N–H and O–H groups in total. The molecule has 70 valence electrons. The van der Waals surface area contributed by atoms with Gasteiger partial charge in [0, 0.05) is 5.54 Å². The number of rotatable bonds is 1. The van der Waals surface area contributed by atoms with Gasteiger partial charge in [-0.25, -0.2) is 0 Å². The number of methoxy groups -OCH3 is 1. The Morgan fingerprint density at radius 1 is 1.67 bits per heavy atom. The van der Waals surface area contributed by atoms with Gasteiger partial charge in [-0.15, -0.1) is 0 Å². The van der Waals surface area contributed by atoms with Crippen molar-refractivity contribution in [3.05, 3.63) is 0 Å². The Morgan fingerprint density at radius 3 is 2.83 bits per heavy atom. The van der Waals surface area contributed by atoms with Gasteiger partial charge < -0.3 is 9.47 Å². The van der Waals surface area contributed by atoms with Gasteiger partial charge in [-0.1, -0.05) is 0 Å². The maximum absolute atomic E-state index is 11.1. The van der Waals surface area contributed by atoms with Crippen LogP contribution in [0.25, 0.3) is 0 Å². The molecule has 1 unspecified atom stereocenters. The number of carbonyl (C=O) groups excluding carboxylic acids is 1. The van der Waals surface area contributed by atoms with Crippen LogP contribution in [0.2, 0.25) is 0 Å². The molecular formula is C8H15NO3. The zero-order chi connectivity index (χ0) is 9.19. The second-order valence-corrected chi connectivity index (χ2v) is 3.62. The minimum absolute atomic E-state index is 0.142. The normalized spacial score (nSPS) is 28.1. The fourth-order valence-electron chi connectivity index (χ4n) is 1.26. The van der Waals surface area contributed by atoms with Gasteiger partial charge in [-0.2, -0.15) is 0 Å². The molecule has 1 aliphatic rings. The molecule has 0 aromatic carbocycles. The predicted molar refractivity (Wildman–Crippen MR) is 43.8 cm³/mol. The van der Waals surface area contributed by atoms with Crippen LogP contribution < -0.4 is 5.32 Å². The molecule has 0 radical (unpaired) electrons. The number of ether oxygens (including phenoxy) is 2. The Balaban J connectivity index is 2.52. The van der Waals surface area contributed by atoms with Gasteiger partial charge in [0.05, 0.1) is 20.3 Å². The lowest BCUT2D eigenvalue weighted by Gasteiger charge is -2.35. The number of nitrogens with one attached hydrogen (secondary N) is 1. The number of carbonyl (C=O) groups is 1. The molecule has 0 spiro atoms. The van der Waals surface area contributed by atoms with Crippen LogP contribution in [0.4, 0.5) is 0 Å². The van der Waals surface area contributed by atoms with Crippen molar-refractivity contribution >= 4 is 5.97 Å². The highest BCUT2D eigenvalue weighted by atomic mass is 16.5. The second kappa shape index (κ2) is 3.41. The summed E-state index contributed by atoms with van der Waals surface area (Å²) in [5, 5.41) is 3.14. The van der Waals surface area contributed by atoms with Crippen LogP contribution in [0.1, 0.15) is 13.8 Å².